The van der Waals surface area contributed by atoms with Crippen molar-refractivity contribution in [1.29, 1.82) is 0 Å². The van der Waals surface area contributed by atoms with Gasteiger partial charge < -0.3 is 20.1 Å². The Kier molecular flexibility index (Phi) is 10.2. The topological polar surface area (TPSA) is 121 Å². The number of carbonyl (C=O) groups is 3. The quantitative estimate of drug-likeness (QED) is 0.476. The van der Waals surface area contributed by atoms with Crippen molar-refractivity contribution in [2.45, 2.75) is 20.0 Å². The molecule has 0 aliphatic rings. The SMILES string of the molecule is C=C(C)C(=O)OC(C)CO.O=C(O)/C=C\C(=O)O. The van der Waals surface area contributed by atoms with Crippen LogP contribution < -0.4 is 0 Å². The van der Waals surface area contributed by atoms with Crippen molar-refractivity contribution in [3.05, 3.63) is 24.3 Å². The first-order chi connectivity index (χ1) is 8.20. The van der Waals surface area contributed by atoms with E-state index in [0.717, 1.165) is 0 Å². The fraction of sp³-hybridized carbons (Fsp3) is 0.364. The highest BCUT2D eigenvalue weighted by atomic mass is 16.5. The van der Waals surface area contributed by atoms with Gasteiger partial charge in [-0.05, 0) is 13.8 Å². The van der Waals surface area contributed by atoms with Crippen molar-refractivity contribution in [3.63, 3.8) is 0 Å². The lowest BCUT2D eigenvalue weighted by Gasteiger charge is -2.08. The summed E-state index contributed by atoms with van der Waals surface area (Å²) in [4.78, 5) is 29.8. The van der Waals surface area contributed by atoms with Crippen LogP contribution in [-0.2, 0) is 19.1 Å². The van der Waals surface area contributed by atoms with Gasteiger partial charge in [0.15, 0.2) is 0 Å². The Morgan fingerprint density at radius 2 is 1.61 bits per heavy atom. The fourth-order valence-electron chi connectivity index (χ4n) is 0.463. The molecule has 1 atom stereocenters. The van der Waals surface area contributed by atoms with Crippen molar-refractivity contribution in [2.75, 3.05) is 6.61 Å². The molecule has 3 N–H and O–H groups in total. The van der Waals surface area contributed by atoms with E-state index in [4.69, 9.17) is 15.3 Å². The van der Waals surface area contributed by atoms with E-state index in [1.165, 1.54) is 0 Å². The lowest BCUT2D eigenvalue weighted by Crippen LogP contribution is -2.18. The highest BCUT2D eigenvalue weighted by Gasteiger charge is 2.07. The standard InChI is InChI=1S/C7H12O3.C4H4O4/c1-5(2)7(9)10-6(3)4-8;5-3(6)1-2-4(7)8/h6,8H,1,4H2,2-3H3;1-2H,(H,5,6)(H,7,8)/b;2-1-. The first-order valence-electron chi connectivity index (χ1n) is 4.82. The van der Waals surface area contributed by atoms with Gasteiger partial charge in [-0.15, -0.1) is 0 Å². The Morgan fingerprint density at radius 1 is 1.22 bits per heavy atom. The molecule has 0 aliphatic heterocycles. The Hall–Kier alpha value is -2.15. The molecule has 0 fully saturated rings. The highest BCUT2D eigenvalue weighted by molar-refractivity contribution is 5.89. The Labute approximate surface area is 104 Å². The molecule has 0 amide bonds. The van der Waals surface area contributed by atoms with Gasteiger partial charge in [-0.2, -0.15) is 0 Å². The second kappa shape index (κ2) is 10.0. The van der Waals surface area contributed by atoms with Gasteiger partial charge in [0.1, 0.15) is 6.10 Å². The molecule has 0 saturated heterocycles. The maximum absolute atomic E-state index is 10.7. The number of aliphatic hydroxyl groups is 1. The van der Waals surface area contributed by atoms with E-state index in [-0.39, 0.29) is 6.61 Å². The van der Waals surface area contributed by atoms with E-state index in [0.29, 0.717) is 17.7 Å². The van der Waals surface area contributed by atoms with Crippen LogP contribution >= 0.6 is 0 Å². The minimum absolute atomic E-state index is 0.154. The molecule has 0 aromatic heterocycles. The van der Waals surface area contributed by atoms with Crippen LogP contribution in [0.3, 0.4) is 0 Å². The smallest absolute Gasteiger partial charge is 0.333 e. The summed E-state index contributed by atoms with van der Waals surface area (Å²) < 4.78 is 4.67. The predicted octanol–water partition coefficient (Wildman–Crippen LogP) is 0.198. The normalized spacial score (nSPS) is 11.1. The lowest BCUT2D eigenvalue weighted by atomic mass is 10.3. The molecule has 0 bridgehead atoms. The van der Waals surface area contributed by atoms with Gasteiger partial charge in [0, 0.05) is 17.7 Å². The highest BCUT2D eigenvalue weighted by Crippen LogP contribution is 1.96. The van der Waals surface area contributed by atoms with E-state index in [1.54, 1.807) is 13.8 Å². The van der Waals surface area contributed by atoms with E-state index in [1.807, 2.05) is 0 Å². The molecule has 0 aromatic carbocycles. The molecular weight excluding hydrogens is 244 g/mol. The van der Waals surface area contributed by atoms with Gasteiger partial charge in [0.25, 0.3) is 0 Å². The number of esters is 1. The number of aliphatic hydroxyl groups excluding tert-OH is 1. The maximum atomic E-state index is 10.7. The van der Waals surface area contributed by atoms with E-state index in [2.05, 4.69) is 11.3 Å². The number of carboxylic acids is 2. The summed E-state index contributed by atoms with van der Waals surface area (Å²) >= 11 is 0. The summed E-state index contributed by atoms with van der Waals surface area (Å²) in [7, 11) is 0. The molecule has 0 radical (unpaired) electrons. The summed E-state index contributed by atoms with van der Waals surface area (Å²) in [5.74, 6) is -2.97. The maximum Gasteiger partial charge on any atom is 0.333 e. The summed E-state index contributed by atoms with van der Waals surface area (Å²) in [6, 6.07) is 0. The first-order valence-corrected chi connectivity index (χ1v) is 4.82. The van der Waals surface area contributed by atoms with Crippen LogP contribution in [0.15, 0.2) is 24.3 Å². The lowest BCUT2D eigenvalue weighted by molar-refractivity contribution is -0.145. The Bertz CT molecular complexity index is 327. The number of hydrogen-bond donors (Lipinski definition) is 3. The van der Waals surface area contributed by atoms with E-state index >= 15 is 0 Å². The summed E-state index contributed by atoms with van der Waals surface area (Å²) in [6.07, 6.45) is 0.675. The first kappa shape index (κ1) is 18.2. The fourth-order valence-corrected chi connectivity index (χ4v) is 0.463. The predicted molar refractivity (Wildman–Crippen MR) is 61.9 cm³/mol. The minimum Gasteiger partial charge on any atom is -0.478 e. The minimum atomic E-state index is -1.26. The van der Waals surface area contributed by atoms with Gasteiger partial charge in [-0.25, -0.2) is 14.4 Å². The van der Waals surface area contributed by atoms with Crippen molar-refractivity contribution >= 4 is 17.9 Å². The monoisotopic (exact) mass is 260 g/mol. The van der Waals surface area contributed by atoms with E-state index < -0.39 is 24.0 Å². The molecule has 7 heteroatoms. The number of carbonyl (C=O) groups excluding carboxylic acids is 1. The third-order valence-corrected chi connectivity index (χ3v) is 1.28. The average molecular weight is 260 g/mol. The van der Waals surface area contributed by atoms with Crippen LogP contribution in [0.25, 0.3) is 0 Å². The Balaban J connectivity index is 0. The van der Waals surface area contributed by atoms with Gasteiger partial charge >= 0.3 is 17.9 Å². The van der Waals surface area contributed by atoms with Crippen LogP contribution in [0.4, 0.5) is 0 Å². The zero-order chi connectivity index (χ0) is 14.7. The molecule has 0 saturated carbocycles. The summed E-state index contributed by atoms with van der Waals surface area (Å²) in [5, 5.41) is 24.1. The average Bonchev–Trinajstić information content (AvgIpc) is 2.26. The molecule has 7 nitrogen and oxygen atoms in total. The van der Waals surface area contributed by atoms with Crippen molar-refractivity contribution in [3.8, 4) is 0 Å². The number of hydrogen-bond acceptors (Lipinski definition) is 5. The molecule has 102 valence electrons. The van der Waals surface area contributed by atoms with Gasteiger partial charge in [0.2, 0.25) is 0 Å². The van der Waals surface area contributed by atoms with Crippen LogP contribution in [0.1, 0.15) is 13.8 Å². The Morgan fingerprint density at radius 3 is 1.83 bits per heavy atom. The molecule has 0 aromatic rings. The molecule has 1 unspecified atom stereocenters. The zero-order valence-electron chi connectivity index (χ0n) is 10.1. The van der Waals surface area contributed by atoms with Crippen LogP contribution in [0.5, 0.6) is 0 Å². The molecule has 18 heavy (non-hydrogen) atoms. The van der Waals surface area contributed by atoms with Gasteiger partial charge in [-0.1, -0.05) is 6.58 Å². The van der Waals surface area contributed by atoms with Crippen molar-refractivity contribution in [1.82, 2.24) is 0 Å². The van der Waals surface area contributed by atoms with Crippen LogP contribution in [-0.4, -0.2) is 45.9 Å². The molecule has 0 rings (SSSR count). The van der Waals surface area contributed by atoms with Crippen molar-refractivity contribution in [2.24, 2.45) is 0 Å². The number of aliphatic carboxylic acids is 2. The second-order valence-electron chi connectivity index (χ2n) is 3.19. The largest absolute Gasteiger partial charge is 0.478 e. The molecule has 0 heterocycles. The van der Waals surface area contributed by atoms with Gasteiger partial charge in [0.05, 0.1) is 6.61 Å². The summed E-state index contributed by atoms with van der Waals surface area (Å²) in [5.41, 5.74) is 0.347. The molecular formula is C11H16O7. The zero-order valence-corrected chi connectivity index (χ0v) is 10.1. The summed E-state index contributed by atoms with van der Waals surface area (Å²) in [6.45, 7) is 6.41. The van der Waals surface area contributed by atoms with Crippen molar-refractivity contribution < 1.29 is 34.4 Å². The third kappa shape index (κ3) is 13.8. The number of carboxylic acid groups (broad SMARTS) is 2. The van der Waals surface area contributed by atoms with Gasteiger partial charge in [-0.3, -0.25) is 0 Å². The van der Waals surface area contributed by atoms with E-state index in [9.17, 15) is 14.4 Å². The molecule has 0 aliphatic carbocycles. The molecule has 0 spiro atoms. The third-order valence-electron chi connectivity index (χ3n) is 1.28. The van der Waals surface area contributed by atoms with Crippen LogP contribution in [0, 0.1) is 0 Å². The van der Waals surface area contributed by atoms with Crippen LogP contribution in [0.2, 0.25) is 0 Å². The number of ether oxygens (including phenoxy) is 1. The number of rotatable bonds is 5. The second-order valence-corrected chi connectivity index (χ2v) is 3.19.